The van der Waals surface area contributed by atoms with Gasteiger partial charge < -0.3 is 14.2 Å². The van der Waals surface area contributed by atoms with Crippen molar-refractivity contribution in [2.75, 3.05) is 0 Å². The van der Waals surface area contributed by atoms with Crippen LogP contribution in [0.2, 0.25) is 0 Å². The summed E-state index contributed by atoms with van der Waals surface area (Å²) in [5.41, 5.74) is 0. The number of hydrogen-bond donors (Lipinski definition) is 0. The Hall–Kier alpha value is -0.450. The molecule has 0 spiro atoms. The first-order valence-electron chi connectivity index (χ1n) is 3.70. The number of hydrogen-bond acceptors (Lipinski definition) is 4. The summed E-state index contributed by atoms with van der Waals surface area (Å²) in [6.07, 6.45) is 1.51. The average Bonchev–Trinajstić information content (AvgIpc) is 2.59. The SMILES string of the molecule is O=C1O[C@@]2(Cl)[C@H]3C=C[C@H](O3)[C@@]2(Cl)O1. The van der Waals surface area contributed by atoms with Gasteiger partial charge in [0.15, 0.2) is 0 Å². The van der Waals surface area contributed by atoms with E-state index in [0.29, 0.717) is 0 Å². The summed E-state index contributed by atoms with van der Waals surface area (Å²) in [7, 11) is 0. The van der Waals surface area contributed by atoms with E-state index >= 15 is 0 Å². The predicted octanol–water partition coefficient (Wildman–Crippen LogP) is 1.36. The molecule has 3 heterocycles. The molecule has 6 heteroatoms. The highest BCUT2D eigenvalue weighted by molar-refractivity contribution is 6.36. The molecule has 0 radical (unpaired) electrons. The summed E-state index contributed by atoms with van der Waals surface area (Å²) in [4.78, 5) is 10.9. The Morgan fingerprint density at radius 2 is 1.62 bits per heavy atom. The van der Waals surface area contributed by atoms with Crippen molar-refractivity contribution < 1.29 is 19.0 Å². The van der Waals surface area contributed by atoms with E-state index in [2.05, 4.69) is 0 Å². The quantitative estimate of drug-likeness (QED) is 0.353. The van der Waals surface area contributed by atoms with Gasteiger partial charge in [-0.25, -0.2) is 4.79 Å². The van der Waals surface area contributed by atoms with Crippen LogP contribution < -0.4 is 0 Å². The predicted molar refractivity (Wildman–Crippen MR) is 42.5 cm³/mol. The van der Waals surface area contributed by atoms with Gasteiger partial charge in [0.05, 0.1) is 0 Å². The molecule has 2 saturated heterocycles. The maximum absolute atomic E-state index is 10.9. The standard InChI is InChI=1S/C7H4Cl2O4/c8-6-3-1-2-4(11-3)7(6,9)13-5(10)12-6/h1-4H/t3-,4+,6+,7-. The van der Waals surface area contributed by atoms with Crippen LogP contribution in [0, 0.1) is 0 Å². The van der Waals surface area contributed by atoms with Crippen molar-refractivity contribution in [3.05, 3.63) is 12.2 Å². The maximum Gasteiger partial charge on any atom is 0.512 e. The molecule has 4 atom stereocenters. The minimum absolute atomic E-state index is 0.525. The van der Waals surface area contributed by atoms with Crippen molar-refractivity contribution in [1.29, 1.82) is 0 Å². The van der Waals surface area contributed by atoms with Crippen LogP contribution in [0.1, 0.15) is 0 Å². The minimum Gasteiger partial charge on any atom is -0.402 e. The first-order chi connectivity index (χ1) is 6.06. The van der Waals surface area contributed by atoms with Gasteiger partial charge in [0, 0.05) is 0 Å². The van der Waals surface area contributed by atoms with Gasteiger partial charge in [-0.1, -0.05) is 35.4 Å². The summed E-state index contributed by atoms with van der Waals surface area (Å²) in [6, 6.07) is 0. The second-order valence-corrected chi connectivity index (χ2v) is 4.23. The molecule has 0 aliphatic carbocycles. The highest BCUT2D eigenvalue weighted by atomic mass is 35.5. The fourth-order valence-corrected chi connectivity index (χ4v) is 2.45. The van der Waals surface area contributed by atoms with Crippen LogP contribution in [0.5, 0.6) is 0 Å². The van der Waals surface area contributed by atoms with Gasteiger partial charge in [0.1, 0.15) is 12.2 Å². The zero-order valence-electron chi connectivity index (χ0n) is 6.20. The molecule has 0 unspecified atom stereocenters. The zero-order valence-corrected chi connectivity index (χ0v) is 7.71. The largest absolute Gasteiger partial charge is 0.512 e. The molecule has 0 saturated carbocycles. The van der Waals surface area contributed by atoms with Crippen LogP contribution in [-0.4, -0.2) is 28.5 Å². The number of ether oxygens (including phenoxy) is 3. The van der Waals surface area contributed by atoms with Crippen molar-refractivity contribution in [3.8, 4) is 0 Å². The maximum atomic E-state index is 10.9. The van der Waals surface area contributed by atoms with Gasteiger partial charge >= 0.3 is 6.16 Å². The summed E-state index contributed by atoms with van der Waals surface area (Å²) >= 11 is 12.0. The molecule has 4 nitrogen and oxygen atoms in total. The Morgan fingerprint density at radius 1 is 1.15 bits per heavy atom. The monoisotopic (exact) mass is 222 g/mol. The normalized spacial score (nSPS) is 56.3. The second kappa shape index (κ2) is 1.97. The Balaban J connectivity index is 2.15. The van der Waals surface area contributed by atoms with Crippen molar-refractivity contribution in [2.24, 2.45) is 0 Å². The fraction of sp³-hybridized carbons (Fsp3) is 0.571. The summed E-state index contributed by atoms with van der Waals surface area (Å²) in [5.74, 6) is 0. The summed E-state index contributed by atoms with van der Waals surface area (Å²) < 4.78 is 14.9. The Morgan fingerprint density at radius 3 is 2.08 bits per heavy atom. The second-order valence-electron chi connectivity index (χ2n) is 3.11. The third kappa shape index (κ3) is 0.673. The molecule has 3 rings (SSSR count). The molecule has 70 valence electrons. The zero-order chi connectivity index (χ0) is 9.27. The Kier molecular flexibility index (Phi) is 1.20. The average molecular weight is 223 g/mol. The van der Waals surface area contributed by atoms with E-state index in [9.17, 15) is 4.79 Å². The van der Waals surface area contributed by atoms with Crippen LogP contribution in [0.4, 0.5) is 4.79 Å². The lowest BCUT2D eigenvalue weighted by Gasteiger charge is -2.28. The van der Waals surface area contributed by atoms with E-state index in [1.807, 2.05) is 0 Å². The molecule has 3 aliphatic heterocycles. The van der Waals surface area contributed by atoms with E-state index in [1.54, 1.807) is 12.2 Å². The molecule has 2 fully saturated rings. The minimum atomic E-state index is -1.41. The van der Waals surface area contributed by atoms with Crippen LogP contribution in [0.15, 0.2) is 12.2 Å². The van der Waals surface area contributed by atoms with Crippen molar-refractivity contribution in [1.82, 2.24) is 0 Å². The molecule has 0 aromatic heterocycles. The van der Waals surface area contributed by atoms with Crippen molar-refractivity contribution in [3.63, 3.8) is 0 Å². The summed E-state index contributed by atoms with van der Waals surface area (Å²) in [6.45, 7) is 0. The van der Waals surface area contributed by atoms with Gasteiger partial charge in [0.2, 0.25) is 0 Å². The van der Waals surface area contributed by atoms with Gasteiger partial charge in [-0.3, -0.25) is 0 Å². The highest BCUT2D eigenvalue weighted by Crippen LogP contribution is 2.57. The lowest BCUT2D eigenvalue weighted by Crippen LogP contribution is -2.49. The number of rotatable bonds is 0. The molecule has 3 aliphatic rings. The Labute approximate surface area is 83.3 Å². The van der Waals surface area contributed by atoms with Gasteiger partial charge in [-0.2, -0.15) is 0 Å². The molecule has 0 N–H and O–H groups in total. The molecule has 0 aromatic carbocycles. The van der Waals surface area contributed by atoms with Crippen LogP contribution in [-0.2, 0) is 14.2 Å². The van der Waals surface area contributed by atoms with Crippen LogP contribution in [0.3, 0.4) is 0 Å². The van der Waals surface area contributed by atoms with Gasteiger partial charge in [0.25, 0.3) is 10.1 Å². The first-order valence-corrected chi connectivity index (χ1v) is 4.45. The van der Waals surface area contributed by atoms with Crippen molar-refractivity contribution in [2.45, 2.75) is 22.3 Å². The van der Waals surface area contributed by atoms with Crippen molar-refractivity contribution >= 4 is 29.4 Å². The topological polar surface area (TPSA) is 44.8 Å². The highest BCUT2D eigenvalue weighted by Gasteiger charge is 2.76. The van der Waals surface area contributed by atoms with E-state index < -0.39 is 28.5 Å². The van der Waals surface area contributed by atoms with E-state index in [0.717, 1.165) is 0 Å². The molecular weight excluding hydrogens is 219 g/mol. The van der Waals surface area contributed by atoms with Crippen LogP contribution >= 0.6 is 23.2 Å². The molecule has 13 heavy (non-hydrogen) atoms. The molecule has 0 amide bonds. The molecule has 0 aromatic rings. The molecular formula is C7H4Cl2O4. The lowest BCUT2D eigenvalue weighted by molar-refractivity contribution is 0.0151. The van der Waals surface area contributed by atoms with Gasteiger partial charge in [-0.15, -0.1) is 0 Å². The molecule has 2 bridgehead atoms. The smallest absolute Gasteiger partial charge is 0.402 e. The third-order valence-corrected chi connectivity index (χ3v) is 3.66. The lowest BCUT2D eigenvalue weighted by atomic mass is 10.0. The number of halogens is 2. The number of fused-ring (bicyclic) bond motifs is 5. The Bertz CT molecular complexity index is 302. The van der Waals surface area contributed by atoms with E-state index in [1.165, 1.54) is 0 Å². The van der Waals surface area contributed by atoms with Gasteiger partial charge in [-0.05, 0) is 0 Å². The number of alkyl halides is 2. The third-order valence-electron chi connectivity index (χ3n) is 2.41. The van der Waals surface area contributed by atoms with Crippen LogP contribution in [0.25, 0.3) is 0 Å². The summed E-state index contributed by atoms with van der Waals surface area (Å²) in [5, 5.41) is -2.82. The number of carbonyl (C=O) groups is 1. The first kappa shape index (κ1) is 7.91. The fourth-order valence-electron chi connectivity index (χ4n) is 1.78. The number of carbonyl (C=O) groups excluding carboxylic acids is 1. The van der Waals surface area contributed by atoms with E-state index in [4.69, 9.17) is 37.4 Å². The van der Waals surface area contributed by atoms with E-state index in [-0.39, 0.29) is 0 Å².